The van der Waals surface area contributed by atoms with Crippen LogP contribution in [-0.2, 0) is 11.3 Å². The van der Waals surface area contributed by atoms with Crippen LogP contribution in [-0.4, -0.2) is 42.9 Å². The van der Waals surface area contributed by atoms with Crippen LogP contribution in [0.25, 0.3) is 0 Å². The van der Waals surface area contributed by atoms with E-state index >= 15 is 0 Å². The van der Waals surface area contributed by atoms with Gasteiger partial charge in [-0.15, -0.1) is 0 Å². The lowest BCUT2D eigenvalue weighted by Crippen LogP contribution is -2.46. The van der Waals surface area contributed by atoms with Crippen LogP contribution < -0.4 is 10.6 Å². The summed E-state index contributed by atoms with van der Waals surface area (Å²) >= 11 is 0. The molecule has 132 valence electrons. The Morgan fingerprint density at radius 1 is 1.17 bits per heavy atom. The van der Waals surface area contributed by atoms with Crippen molar-refractivity contribution in [2.75, 3.05) is 26.2 Å². The molecular formula is C19H30N4O. The SMILES string of the molecule is CCNC(=NCc1ccc(C)cc1C)NCC(=O)N1CCCCC1. The van der Waals surface area contributed by atoms with E-state index in [4.69, 9.17) is 0 Å². The summed E-state index contributed by atoms with van der Waals surface area (Å²) in [6.45, 7) is 9.69. The standard InChI is InChI=1S/C19H30N4O/c1-4-20-19(21-13-17-9-8-15(2)12-16(17)3)22-14-18(24)23-10-6-5-7-11-23/h8-9,12H,4-7,10-11,13-14H2,1-3H3,(H2,20,21,22). The Bertz CT molecular complexity index is 577. The van der Waals surface area contributed by atoms with Crippen molar-refractivity contribution in [3.05, 3.63) is 34.9 Å². The van der Waals surface area contributed by atoms with Crippen LogP contribution in [0.1, 0.15) is 42.9 Å². The van der Waals surface area contributed by atoms with Crippen LogP contribution in [0.15, 0.2) is 23.2 Å². The quantitative estimate of drug-likeness (QED) is 0.644. The maximum Gasteiger partial charge on any atom is 0.241 e. The summed E-state index contributed by atoms with van der Waals surface area (Å²) in [6, 6.07) is 6.40. The molecule has 5 nitrogen and oxygen atoms in total. The van der Waals surface area contributed by atoms with Gasteiger partial charge in [0.1, 0.15) is 0 Å². The van der Waals surface area contributed by atoms with Crippen LogP contribution >= 0.6 is 0 Å². The first-order valence-corrected chi connectivity index (χ1v) is 8.96. The highest BCUT2D eigenvalue weighted by Crippen LogP contribution is 2.11. The number of amides is 1. The van der Waals surface area contributed by atoms with Crippen molar-refractivity contribution < 1.29 is 4.79 Å². The predicted octanol–water partition coefficient (Wildman–Crippen LogP) is 2.37. The van der Waals surface area contributed by atoms with E-state index < -0.39 is 0 Å². The molecule has 0 unspecified atom stereocenters. The van der Waals surface area contributed by atoms with E-state index in [1.165, 1.54) is 23.1 Å². The number of piperidine rings is 1. The first kappa shape index (κ1) is 18.3. The second kappa shape index (κ2) is 9.30. The maximum absolute atomic E-state index is 12.3. The third-order valence-corrected chi connectivity index (χ3v) is 4.37. The highest BCUT2D eigenvalue weighted by Gasteiger charge is 2.16. The highest BCUT2D eigenvalue weighted by atomic mass is 16.2. The number of hydrogen-bond donors (Lipinski definition) is 2. The number of carbonyl (C=O) groups is 1. The number of nitrogens with zero attached hydrogens (tertiary/aromatic N) is 2. The fourth-order valence-electron chi connectivity index (χ4n) is 2.94. The number of carbonyl (C=O) groups excluding carboxylic acids is 1. The van der Waals surface area contributed by atoms with Gasteiger partial charge in [-0.25, -0.2) is 4.99 Å². The van der Waals surface area contributed by atoms with Gasteiger partial charge in [0.05, 0.1) is 13.1 Å². The lowest BCUT2D eigenvalue weighted by molar-refractivity contribution is -0.130. The molecule has 0 aliphatic carbocycles. The number of aliphatic imine (C=N–C) groups is 1. The predicted molar refractivity (Wildman–Crippen MR) is 99.2 cm³/mol. The minimum atomic E-state index is 0.159. The smallest absolute Gasteiger partial charge is 0.241 e. The van der Waals surface area contributed by atoms with E-state index in [0.717, 1.165) is 32.5 Å². The molecule has 1 aliphatic rings. The zero-order valence-corrected chi connectivity index (χ0v) is 15.2. The first-order valence-electron chi connectivity index (χ1n) is 8.96. The van der Waals surface area contributed by atoms with Crippen molar-refractivity contribution in [2.45, 2.75) is 46.6 Å². The van der Waals surface area contributed by atoms with Gasteiger partial charge in [0.15, 0.2) is 5.96 Å². The Balaban J connectivity index is 1.91. The van der Waals surface area contributed by atoms with Crippen molar-refractivity contribution in [1.29, 1.82) is 0 Å². The van der Waals surface area contributed by atoms with Crippen molar-refractivity contribution in [3.8, 4) is 0 Å². The fraction of sp³-hybridized carbons (Fsp3) is 0.579. The van der Waals surface area contributed by atoms with Crippen molar-refractivity contribution >= 4 is 11.9 Å². The van der Waals surface area contributed by atoms with E-state index in [1.54, 1.807) is 0 Å². The normalized spacial score (nSPS) is 15.3. The molecule has 1 heterocycles. The van der Waals surface area contributed by atoms with E-state index in [0.29, 0.717) is 19.0 Å². The summed E-state index contributed by atoms with van der Waals surface area (Å²) in [7, 11) is 0. The number of guanidine groups is 1. The van der Waals surface area contributed by atoms with Gasteiger partial charge >= 0.3 is 0 Å². The average Bonchev–Trinajstić information content (AvgIpc) is 2.59. The van der Waals surface area contributed by atoms with Gasteiger partial charge in [-0.1, -0.05) is 23.8 Å². The average molecular weight is 330 g/mol. The van der Waals surface area contributed by atoms with Gasteiger partial charge in [-0.05, 0) is 51.2 Å². The maximum atomic E-state index is 12.3. The Kier molecular flexibility index (Phi) is 7.09. The van der Waals surface area contributed by atoms with E-state index in [2.05, 4.69) is 47.7 Å². The largest absolute Gasteiger partial charge is 0.357 e. The Morgan fingerprint density at radius 3 is 2.58 bits per heavy atom. The Labute approximate surface area is 145 Å². The molecule has 0 spiro atoms. The van der Waals surface area contributed by atoms with Crippen molar-refractivity contribution in [1.82, 2.24) is 15.5 Å². The van der Waals surface area contributed by atoms with E-state index in [-0.39, 0.29) is 5.91 Å². The second-order valence-electron chi connectivity index (χ2n) is 6.42. The summed E-state index contributed by atoms with van der Waals surface area (Å²) in [4.78, 5) is 18.8. The molecule has 1 amide bonds. The molecule has 1 aromatic rings. The van der Waals surface area contributed by atoms with Crippen LogP contribution in [0, 0.1) is 13.8 Å². The minimum absolute atomic E-state index is 0.159. The number of nitrogens with one attached hydrogen (secondary N) is 2. The van der Waals surface area contributed by atoms with Crippen LogP contribution in [0.5, 0.6) is 0 Å². The summed E-state index contributed by atoms with van der Waals surface area (Å²) in [5.41, 5.74) is 3.72. The zero-order chi connectivity index (χ0) is 17.4. The molecule has 0 aromatic heterocycles. The van der Waals surface area contributed by atoms with Gasteiger partial charge in [-0.3, -0.25) is 4.79 Å². The van der Waals surface area contributed by atoms with Gasteiger partial charge in [0.25, 0.3) is 0 Å². The van der Waals surface area contributed by atoms with Crippen LogP contribution in [0.4, 0.5) is 0 Å². The third-order valence-electron chi connectivity index (χ3n) is 4.37. The van der Waals surface area contributed by atoms with Gasteiger partial charge in [0, 0.05) is 19.6 Å². The van der Waals surface area contributed by atoms with Gasteiger partial charge < -0.3 is 15.5 Å². The number of aryl methyl sites for hydroxylation is 2. The second-order valence-corrected chi connectivity index (χ2v) is 6.42. The molecule has 5 heteroatoms. The minimum Gasteiger partial charge on any atom is -0.357 e. The van der Waals surface area contributed by atoms with Crippen LogP contribution in [0.3, 0.4) is 0 Å². The van der Waals surface area contributed by atoms with Gasteiger partial charge in [0.2, 0.25) is 5.91 Å². The molecule has 1 aromatic carbocycles. The van der Waals surface area contributed by atoms with E-state index in [9.17, 15) is 4.79 Å². The van der Waals surface area contributed by atoms with Crippen molar-refractivity contribution in [2.24, 2.45) is 4.99 Å². The molecule has 0 radical (unpaired) electrons. The van der Waals surface area contributed by atoms with Crippen LogP contribution in [0.2, 0.25) is 0 Å². The highest BCUT2D eigenvalue weighted by molar-refractivity contribution is 5.86. The summed E-state index contributed by atoms with van der Waals surface area (Å²) in [5, 5.41) is 6.38. The molecule has 0 bridgehead atoms. The number of benzene rings is 1. The summed E-state index contributed by atoms with van der Waals surface area (Å²) in [5.74, 6) is 0.856. The molecule has 1 fully saturated rings. The Morgan fingerprint density at radius 2 is 1.92 bits per heavy atom. The number of hydrogen-bond acceptors (Lipinski definition) is 2. The molecule has 1 aliphatic heterocycles. The molecule has 2 rings (SSSR count). The summed E-state index contributed by atoms with van der Waals surface area (Å²) < 4.78 is 0. The molecule has 0 atom stereocenters. The molecule has 24 heavy (non-hydrogen) atoms. The monoisotopic (exact) mass is 330 g/mol. The van der Waals surface area contributed by atoms with E-state index in [1.807, 2.05) is 11.8 Å². The molecular weight excluding hydrogens is 300 g/mol. The topological polar surface area (TPSA) is 56.7 Å². The van der Waals surface area contributed by atoms with Crippen molar-refractivity contribution in [3.63, 3.8) is 0 Å². The molecule has 2 N–H and O–H groups in total. The Hall–Kier alpha value is -2.04. The summed E-state index contributed by atoms with van der Waals surface area (Å²) in [6.07, 6.45) is 3.47. The van der Waals surface area contributed by atoms with Gasteiger partial charge in [-0.2, -0.15) is 0 Å². The molecule has 0 saturated carbocycles. The lowest BCUT2D eigenvalue weighted by atomic mass is 10.1. The number of rotatable bonds is 5. The molecule has 1 saturated heterocycles. The first-order chi connectivity index (χ1) is 11.6. The zero-order valence-electron chi connectivity index (χ0n) is 15.2. The number of likely N-dealkylation sites (tertiary alicyclic amines) is 1. The lowest BCUT2D eigenvalue weighted by Gasteiger charge is -2.27. The fourth-order valence-corrected chi connectivity index (χ4v) is 2.94. The third kappa shape index (κ3) is 5.55.